The third kappa shape index (κ3) is 5.32. The van der Waals surface area contributed by atoms with Gasteiger partial charge in [-0.05, 0) is 6.42 Å². The molecule has 0 rings (SSSR count). The molecule has 0 saturated heterocycles. The van der Waals surface area contributed by atoms with E-state index in [9.17, 15) is 22.0 Å². The molecule has 5 heteroatoms. The minimum Gasteiger partial charge on any atom is -0.247 e. The summed E-state index contributed by atoms with van der Waals surface area (Å²) >= 11 is 0. The Labute approximate surface area is 67.8 Å². The van der Waals surface area contributed by atoms with E-state index in [1.54, 1.807) is 0 Å². The molecule has 73 valence electrons. The lowest BCUT2D eigenvalue weighted by atomic mass is 10.1. The van der Waals surface area contributed by atoms with E-state index in [4.69, 9.17) is 0 Å². The second-order valence-corrected chi connectivity index (χ2v) is 2.54. The van der Waals surface area contributed by atoms with E-state index in [0.29, 0.717) is 0 Å². The fraction of sp³-hybridized carbons (Fsp3) is 0.857. The van der Waals surface area contributed by atoms with Crippen LogP contribution in [0.4, 0.5) is 22.0 Å². The van der Waals surface area contributed by atoms with Crippen LogP contribution in [0.15, 0.2) is 0 Å². The van der Waals surface area contributed by atoms with Crippen LogP contribution in [0.3, 0.4) is 0 Å². The van der Waals surface area contributed by atoms with Crippen LogP contribution < -0.4 is 0 Å². The molecule has 0 unspecified atom stereocenters. The molecule has 0 heterocycles. The molecule has 1 atom stereocenters. The van der Waals surface area contributed by atoms with Crippen molar-refractivity contribution in [3.63, 3.8) is 0 Å². The summed E-state index contributed by atoms with van der Waals surface area (Å²) in [6, 6.07) is 0. The fourth-order valence-corrected chi connectivity index (χ4v) is 0.735. The van der Waals surface area contributed by atoms with Crippen LogP contribution in [-0.4, -0.2) is 18.5 Å². The molecule has 0 spiro atoms. The molecule has 0 aliphatic rings. The predicted molar refractivity (Wildman–Crippen MR) is 35.1 cm³/mol. The Bertz CT molecular complexity index is 123. The van der Waals surface area contributed by atoms with Crippen LogP contribution in [0.25, 0.3) is 0 Å². The van der Waals surface area contributed by atoms with Crippen LogP contribution in [-0.2, 0) is 0 Å². The van der Waals surface area contributed by atoms with Gasteiger partial charge in [0.25, 0.3) is 5.92 Å². The molecule has 0 aromatic heterocycles. The minimum atomic E-state index is -3.62. The fourth-order valence-electron chi connectivity index (χ4n) is 0.735. The lowest BCUT2D eigenvalue weighted by Gasteiger charge is -2.17. The Morgan fingerprint density at radius 3 is 1.92 bits per heavy atom. The Kier molecular flexibility index (Phi) is 4.49. The molecular formula is C7H10F5. The minimum absolute atomic E-state index is 0.321. The van der Waals surface area contributed by atoms with Crippen LogP contribution in [0.2, 0.25) is 0 Å². The van der Waals surface area contributed by atoms with Crippen molar-refractivity contribution in [2.24, 2.45) is 0 Å². The number of halogens is 5. The maximum Gasteiger partial charge on any atom is 0.256 e. The van der Waals surface area contributed by atoms with Gasteiger partial charge in [0.15, 0.2) is 0 Å². The highest BCUT2D eigenvalue weighted by atomic mass is 19.3. The summed E-state index contributed by atoms with van der Waals surface area (Å²) in [6.07, 6.45) is -7.97. The van der Waals surface area contributed by atoms with E-state index < -0.39 is 31.4 Å². The molecule has 0 aliphatic carbocycles. The highest BCUT2D eigenvalue weighted by Gasteiger charge is 2.35. The van der Waals surface area contributed by atoms with E-state index in [1.165, 1.54) is 0 Å². The largest absolute Gasteiger partial charge is 0.256 e. The van der Waals surface area contributed by atoms with Crippen molar-refractivity contribution in [3.05, 3.63) is 6.92 Å². The monoisotopic (exact) mass is 189 g/mol. The van der Waals surface area contributed by atoms with E-state index in [-0.39, 0.29) is 6.42 Å². The Morgan fingerprint density at radius 1 is 1.08 bits per heavy atom. The van der Waals surface area contributed by atoms with E-state index in [0.717, 1.165) is 0 Å². The van der Waals surface area contributed by atoms with Crippen LogP contribution in [0.5, 0.6) is 0 Å². The first kappa shape index (κ1) is 11.6. The van der Waals surface area contributed by atoms with E-state index in [1.807, 2.05) is 0 Å². The van der Waals surface area contributed by atoms with Crippen LogP contribution in [0, 0.1) is 6.92 Å². The van der Waals surface area contributed by atoms with E-state index >= 15 is 0 Å². The second kappa shape index (κ2) is 4.62. The summed E-state index contributed by atoms with van der Waals surface area (Å²) in [6.45, 7) is 3.05. The molecule has 0 N–H and O–H groups in total. The number of hydrogen-bond donors (Lipinski definition) is 0. The van der Waals surface area contributed by atoms with Gasteiger partial charge in [0, 0.05) is 6.42 Å². The summed E-state index contributed by atoms with van der Waals surface area (Å²) in [7, 11) is 0. The van der Waals surface area contributed by atoms with E-state index in [2.05, 4.69) is 6.92 Å². The van der Waals surface area contributed by atoms with Gasteiger partial charge in [-0.25, -0.2) is 22.0 Å². The zero-order valence-corrected chi connectivity index (χ0v) is 6.37. The molecule has 0 saturated carbocycles. The standard InChI is InChI=1S/C7H10F5/c1-2-5(8)3-7(11,12)4-6(9)10/h5-6H,1-4H2/t5-/m0/s1. The quantitative estimate of drug-likeness (QED) is 0.582. The Balaban J connectivity index is 3.85. The molecule has 0 fully saturated rings. The Morgan fingerprint density at radius 2 is 1.58 bits per heavy atom. The summed E-state index contributed by atoms with van der Waals surface area (Å²) in [5.74, 6) is -3.62. The third-order valence-electron chi connectivity index (χ3n) is 1.29. The van der Waals surface area contributed by atoms with Crippen molar-refractivity contribution in [3.8, 4) is 0 Å². The van der Waals surface area contributed by atoms with Gasteiger partial charge in [-0.3, -0.25) is 0 Å². The van der Waals surface area contributed by atoms with Crippen LogP contribution >= 0.6 is 0 Å². The number of hydrogen-bond acceptors (Lipinski definition) is 0. The average Bonchev–Trinajstić information content (AvgIpc) is 1.83. The zero-order chi connectivity index (χ0) is 9.78. The topological polar surface area (TPSA) is 0 Å². The highest BCUT2D eigenvalue weighted by molar-refractivity contribution is 4.73. The van der Waals surface area contributed by atoms with Crippen molar-refractivity contribution in [1.29, 1.82) is 0 Å². The third-order valence-corrected chi connectivity index (χ3v) is 1.29. The molecule has 0 aromatic carbocycles. The molecular weight excluding hydrogens is 179 g/mol. The first-order valence-electron chi connectivity index (χ1n) is 3.46. The Hall–Kier alpha value is -0.350. The lowest BCUT2D eigenvalue weighted by Crippen LogP contribution is -2.24. The van der Waals surface area contributed by atoms with Gasteiger partial charge >= 0.3 is 0 Å². The summed E-state index contributed by atoms with van der Waals surface area (Å²) in [5.41, 5.74) is 0. The van der Waals surface area contributed by atoms with Gasteiger partial charge < -0.3 is 0 Å². The summed E-state index contributed by atoms with van der Waals surface area (Å²) in [4.78, 5) is 0. The first-order chi connectivity index (χ1) is 5.37. The van der Waals surface area contributed by atoms with Crippen molar-refractivity contribution >= 4 is 0 Å². The molecule has 1 radical (unpaired) electrons. The molecule has 0 aliphatic heterocycles. The maximum absolute atomic E-state index is 12.4. The van der Waals surface area contributed by atoms with Gasteiger partial charge in [-0.1, -0.05) is 6.92 Å². The zero-order valence-electron chi connectivity index (χ0n) is 6.37. The predicted octanol–water partition coefficient (Wildman–Crippen LogP) is 3.23. The van der Waals surface area contributed by atoms with Gasteiger partial charge in [0.1, 0.15) is 6.17 Å². The molecule has 0 amide bonds. The second-order valence-electron chi connectivity index (χ2n) is 2.54. The molecule has 0 aromatic rings. The van der Waals surface area contributed by atoms with Crippen LogP contribution in [0.1, 0.15) is 19.3 Å². The molecule has 12 heavy (non-hydrogen) atoms. The average molecular weight is 189 g/mol. The highest BCUT2D eigenvalue weighted by Crippen LogP contribution is 2.29. The summed E-state index contributed by atoms with van der Waals surface area (Å²) < 4.78 is 60.0. The van der Waals surface area contributed by atoms with Crippen molar-refractivity contribution in [2.75, 3.05) is 0 Å². The maximum atomic E-state index is 12.4. The first-order valence-corrected chi connectivity index (χ1v) is 3.46. The van der Waals surface area contributed by atoms with Gasteiger partial charge in [0.2, 0.25) is 6.43 Å². The van der Waals surface area contributed by atoms with Crippen molar-refractivity contribution in [1.82, 2.24) is 0 Å². The van der Waals surface area contributed by atoms with Gasteiger partial charge in [0.05, 0.1) is 6.42 Å². The van der Waals surface area contributed by atoms with Gasteiger partial charge in [-0.15, -0.1) is 0 Å². The smallest absolute Gasteiger partial charge is 0.247 e. The number of alkyl halides is 5. The van der Waals surface area contributed by atoms with Crippen molar-refractivity contribution < 1.29 is 22.0 Å². The normalized spacial score (nSPS) is 15.2. The molecule has 0 bridgehead atoms. The van der Waals surface area contributed by atoms with Gasteiger partial charge in [-0.2, -0.15) is 0 Å². The molecule has 0 nitrogen and oxygen atoms in total. The lowest BCUT2D eigenvalue weighted by molar-refractivity contribution is -0.0728. The summed E-state index contributed by atoms with van der Waals surface area (Å²) in [5, 5.41) is 0. The SMILES string of the molecule is [CH2]C[C@H](F)CC(F)(F)CC(F)F. The van der Waals surface area contributed by atoms with Crippen molar-refractivity contribution in [2.45, 2.75) is 37.8 Å². The number of rotatable bonds is 5.